The number of rotatable bonds is 5. The highest BCUT2D eigenvalue weighted by molar-refractivity contribution is 5.81. The van der Waals surface area contributed by atoms with Crippen LogP contribution in [-0.2, 0) is 9.53 Å². The summed E-state index contributed by atoms with van der Waals surface area (Å²) in [6.45, 7) is 6.09. The molecule has 17 heavy (non-hydrogen) atoms. The number of hydrogen-bond acceptors (Lipinski definition) is 3. The van der Waals surface area contributed by atoms with Crippen LogP contribution >= 0.6 is 0 Å². The monoisotopic (exact) mass is 242 g/mol. The van der Waals surface area contributed by atoms with E-state index in [0.717, 1.165) is 19.3 Å². The zero-order valence-corrected chi connectivity index (χ0v) is 11.7. The highest BCUT2D eigenvalue weighted by atomic mass is 16.5. The Morgan fingerprint density at radius 3 is 2.41 bits per heavy atom. The Hall–Kier alpha value is -0.610. The SMILES string of the molecule is CCC1(CC)[C@H](OC)C[C@H]1N(C)C(=O)[C@@H](C)N. The third-order valence-electron chi connectivity index (χ3n) is 4.55. The molecule has 0 saturated heterocycles. The molecule has 2 N–H and O–H groups in total. The van der Waals surface area contributed by atoms with Crippen LogP contribution < -0.4 is 5.73 Å². The van der Waals surface area contributed by atoms with Crippen molar-refractivity contribution in [2.45, 2.75) is 58.2 Å². The van der Waals surface area contributed by atoms with Gasteiger partial charge in [0.25, 0.3) is 0 Å². The zero-order valence-electron chi connectivity index (χ0n) is 11.7. The van der Waals surface area contributed by atoms with Crippen LogP contribution in [0, 0.1) is 5.41 Å². The maximum Gasteiger partial charge on any atom is 0.239 e. The Balaban J connectivity index is 2.82. The summed E-state index contributed by atoms with van der Waals surface area (Å²) in [5.74, 6) is 0.0239. The molecule has 100 valence electrons. The lowest BCUT2D eigenvalue weighted by Gasteiger charge is -2.58. The van der Waals surface area contributed by atoms with Gasteiger partial charge in [0.1, 0.15) is 0 Å². The summed E-state index contributed by atoms with van der Waals surface area (Å²) >= 11 is 0. The minimum Gasteiger partial charge on any atom is -0.381 e. The van der Waals surface area contributed by atoms with E-state index in [9.17, 15) is 4.79 Å². The number of amides is 1. The van der Waals surface area contributed by atoms with Crippen LogP contribution in [0.2, 0.25) is 0 Å². The van der Waals surface area contributed by atoms with Crippen molar-refractivity contribution in [1.82, 2.24) is 4.90 Å². The van der Waals surface area contributed by atoms with Gasteiger partial charge in [-0.3, -0.25) is 4.79 Å². The van der Waals surface area contributed by atoms with Crippen molar-refractivity contribution < 1.29 is 9.53 Å². The Labute approximate surface area is 104 Å². The van der Waals surface area contributed by atoms with Crippen LogP contribution in [-0.4, -0.2) is 43.2 Å². The highest BCUT2D eigenvalue weighted by Crippen LogP contribution is 2.50. The molecular weight excluding hydrogens is 216 g/mol. The normalized spacial score (nSPS) is 28.4. The van der Waals surface area contributed by atoms with Crippen LogP contribution in [0.25, 0.3) is 0 Å². The molecule has 0 spiro atoms. The van der Waals surface area contributed by atoms with E-state index in [-0.39, 0.29) is 23.5 Å². The molecule has 0 radical (unpaired) electrons. The Morgan fingerprint density at radius 1 is 1.53 bits per heavy atom. The van der Waals surface area contributed by atoms with Gasteiger partial charge >= 0.3 is 0 Å². The molecule has 1 rings (SSSR count). The quantitative estimate of drug-likeness (QED) is 0.792. The van der Waals surface area contributed by atoms with E-state index in [1.807, 2.05) is 11.9 Å². The van der Waals surface area contributed by atoms with Crippen molar-refractivity contribution in [1.29, 1.82) is 0 Å². The standard InChI is InChI=1S/C13H26N2O2/c1-6-13(7-2)10(8-11(13)17-5)15(4)12(16)9(3)14/h9-11H,6-8,14H2,1-5H3/t9-,10-,11-/m1/s1. The third-order valence-corrected chi connectivity index (χ3v) is 4.55. The second kappa shape index (κ2) is 5.36. The summed E-state index contributed by atoms with van der Waals surface area (Å²) in [5.41, 5.74) is 5.77. The van der Waals surface area contributed by atoms with Crippen molar-refractivity contribution in [3.8, 4) is 0 Å². The maximum absolute atomic E-state index is 12.0. The summed E-state index contributed by atoms with van der Waals surface area (Å²) < 4.78 is 5.54. The number of nitrogens with zero attached hydrogens (tertiary/aromatic N) is 1. The van der Waals surface area contributed by atoms with Gasteiger partial charge in [0.05, 0.1) is 12.1 Å². The fourth-order valence-corrected chi connectivity index (χ4v) is 3.25. The molecule has 4 nitrogen and oxygen atoms in total. The van der Waals surface area contributed by atoms with Crippen molar-refractivity contribution in [2.75, 3.05) is 14.2 Å². The average molecular weight is 242 g/mol. The first-order valence-corrected chi connectivity index (χ1v) is 6.49. The van der Waals surface area contributed by atoms with Gasteiger partial charge in [-0.25, -0.2) is 0 Å². The molecule has 4 heteroatoms. The van der Waals surface area contributed by atoms with Gasteiger partial charge in [-0.2, -0.15) is 0 Å². The van der Waals surface area contributed by atoms with Crippen LogP contribution in [0.1, 0.15) is 40.0 Å². The Bertz CT molecular complexity index is 275. The number of likely N-dealkylation sites (N-methyl/N-ethyl adjacent to an activating group) is 1. The van der Waals surface area contributed by atoms with Gasteiger partial charge in [-0.1, -0.05) is 13.8 Å². The summed E-state index contributed by atoms with van der Waals surface area (Å²) in [4.78, 5) is 13.8. The first-order chi connectivity index (χ1) is 7.94. The third kappa shape index (κ3) is 2.20. The van der Waals surface area contributed by atoms with E-state index in [1.54, 1.807) is 14.0 Å². The number of hydrogen-bond donors (Lipinski definition) is 1. The fourth-order valence-electron chi connectivity index (χ4n) is 3.25. The van der Waals surface area contributed by atoms with Gasteiger partial charge in [0.2, 0.25) is 5.91 Å². The molecule has 0 bridgehead atoms. The number of carbonyl (C=O) groups excluding carboxylic acids is 1. The predicted molar refractivity (Wildman–Crippen MR) is 68.6 cm³/mol. The molecule has 3 atom stereocenters. The van der Waals surface area contributed by atoms with E-state index in [0.29, 0.717) is 0 Å². The van der Waals surface area contributed by atoms with E-state index in [1.165, 1.54) is 0 Å². The zero-order chi connectivity index (χ0) is 13.2. The number of carbonyl (C=O) groups is 1. The van der Waals surface area contributed by atoms with Crippen LogP contribution in [0.4, 0.5) is 0 Å². The van der Waals surface area contributed by atoms with Gasteiger partial charge in [-0.15, -0.1) is 0 Å². The van der Waals surface area contributed by atoms with E-state index in [4.69, 9.17) is 10.5 Å². The molecule has 1 fully saturated rings. The molecule has 0 aromatic rings. The first kappa shape index (κ1) is 14.5. The van der Waals surface area contributed by atoms with Crippen molar-refractivity contribution in [2.24, 2.45) is 11.1 Å². The average Bonchev–Trinajstić information content (AvgIpc) is 2.29. The van der Waals surface area contributed by atoms with Gasteiger partial charge < -0.3 is 15.4 Å². The second-order valence-corrected chi connectivity index (χ2v) is 5.15. The first-order valence-electron chi connectivity index (χ1n) is 6.49. The molecule has 0 unspecified atom stereocenters. The molecule has 0 aromatic heterocycles. The lowest BCUT2D eigenvalue weighted by atomic mass is 9.58. The Kier molecular flexibility index (Phi) is 4.55. The topological polar surface area (TPSA) is 55.6 Å². The molecule has 0 aliphatic heterocycles. The second-order valence-electron chi connectivity index (χ2n) is 5.15. The van der Waals surface area contributed by atoms with Crippen LogP contribution in [0.5, 0.6) is 0 Å². The van der Waals surface area contributed by atoms with Crippen molar-refractivity contribution in [3.63, 3.8) is 0 Å². The molecule has 0 heterocycles. The summed E-state index contributed by atoms with van der Waals surface area (Å²) in [7, 11) is 3.62. The smallest absolute Gasteiger partial charge is 0.239 e. The lowest BCUT2D eigenvalue weighted by molar-refractivity contribution is -0.170. The van der Waals surface area contributed by atoms with E-state index in [2.05, 4.69) is 13.8 Å². The molecular formula is C13H26N2O2. The Morgan fingerprint density at radius 2 is 2.06 bits per heavy atom. The number of ether oxygens (including phenoxy) is 1. The lowest BCUT2D eigenvalue weighted by Crippen LogP contribution is -2.65. The van der Waals surface area contributed by atoms with Gasteiger partial charge in [0, 0.05) is 25.6 Å². The minimum absolute atomic E-state index is 0.0239. The summed E-state index contributed by atoms with van der Waals surface area (Å²) in [5, 5.41) is 0. The minimum atomic E-state index is -0.423. The molecule has 1 aliphatic carbocycles. The predicted octanol–water partition coefficient (Wildman–Crippen LogP) is 1.39. The number of nitrogens with two attached hydrogens (primary N) is 1. The molecule has 1 amide bonds. The number of methoxy groups -OCH3 is 1. The molecule has 1 saturated carbocycles. The molecule has 0 aromatic carbocycles. The van der Waals surface area contributed by atoms with Gasteiger partial charge in [-0.05, 0) is 26.2 Å². The fraction of sp³-hybridized carbons (Fsp3) is 0.923. The van der Waals surface area contributed by atoms with Gasteiger partial charge in [0.15, 0.2) is 0 Å². The molecule has 1 aliphatic rings. The maximum atomic E-state index is 12.0. The van der Waals surface area contributed by atoms with Crippen molar-refractivity contribution in [3.05, 3.63) is 0 Å². The van der Waals surface area contributed by atoms with Crippen LogP contribution in [0.3, 0.4) is 0 Å². The highest BCUT2D eigenvalue weighted by Gasteiger charge is 2.55. The van der Waals surface area contributed by atoms with Crippen LogP contribution in [0.15, 0.2) is 0 Å². The summed E-state index contributed by atoms with van der Waals surface area (Å²) in [6, 6.07) is -0.158. The summed E-state index contributed by atoms with van der Waals surface area (Å²) in [6.07, 6.45) is 3.26. The van der Waals surface area contributed by atoms with Crippen molar-refractivity contribution >= 4 is 5.91 Å². The van der Waals surface area contributed by atoms with E-state index >= 15 is 0 Å². The largest absolute Gasteiger partial charge is 0.381 e. The van der Waals surface area contributed by atoms with E-state index < -0.39 is 6.04 Å².